The fraction of sp³-hybridized carbons (Fsp3) is 0.120. The Kier molecular flexibility index (Phi) is 5.81. The Labute approximate surface area is 184 Å². The predicted octanol–water partition coefficient (Wildman–Crippen LogP) is 3.92. The third-order valence-corrected chi connectivity index (χ3v) is 4.89. The van der Waals surface area contributed by atoms with Crippen LogP contribution < -0.4 is 10.9 Å². The molecular weight excluding hydrogens is 406 g/mol. The minimum Gasteiger partial charge on any atom is -0.456 e. The Bertz CT molecular complexity index is 1390. The van der Waals surface area contributed by atoms with Gasteiger partial charge >= 0.3 is 5.97 Å². The van der Waals surface area contributed by atoms with E-state index in [0.29, 0.717) is 22.6 Å². The Morgan fingerprint density at radius 2 is 1.78 bits per heavy atom. The maximum absolute atomic E-state index is 12.7. The number of nitrogens with one attached hydrogen (secondary N) is 1. The maximum atomic E-state index is 12.7. The van der Waals surface area contributed by atoms with Crippen molar-refractivity contribution in [2.45, 2.75) is 20.5 Å². The van der Waals surface area contributed by atoms with Crippen LogP contribution in [-0.4, -0.2) is 21.3 Å². The molecule has 160 valence electrons. The first kappa shape index (κ1) is 21.0. The second-order valence-corrected chi connectivity index (χ2v) is 7.47. The number of fused-ring (bicyclic) bond motifs is 1. The molecule has 2 aromatic heterocycles. The van der Waals surface area contributed by atoms with Crippen molar-refractivity contribution in [2.75, 3.05) is 5.32 Å². The lowest BCUT2D eigenvalue weighted by molar-refractivity contribution is 0.0469. The number of para-hydroxylation sites is 1. The van der Waals surface area contributed by atoms with Crippen LogP contribution >= 0.6 is 0 Å². The van der Waals surface area contributed by atoms with Gasteiger partial charge in [-0.3, -0.25) is 14.0 Å². The van der Waals surface area contributed by atoms with E-state index in [2.05, 4.69) is 10.3 Å². The van der Waals surface area contributed by atoms with Crippen molar-refractivity contribution < 1.29 is 14.3 Å². The summed E-state index contributed by atoms with van der Waals surface area (Å²) < 4.78 is 6.83. The van der Waals surface area contributed by atoms with Crippen molar-refractivity contribution in [3.63, 3.8) is 0 Å². The lowest BCUT2D eigenvalue weighted by atomic mass is 10.1. The molecule has 0 saturated carbocycles. The summed E-state index contributed by atoms with van der Waals surface area (Å²) in [5, 5.41) is 2.76. The molecule has 4 aromatic rings. The SMILES string of the molecule is Cc1cccc(C(=O)Nc2ccccc2C(=O)OCc2cc(=O)n3cc(C)ccc3n2)c1. The number of carbonyl (C=O) groups excluding carboxylic acids is 2. The highest BCUT2D eigenvalue weighted by molar-refractivity contribution is 6.08. The van der Waals surface area contributed by atoms with Crippen molar-refractivity contribution in [1.82, 2.24) is 9.38 Å². The Morgan fingerprint density at radius 1 is 0.969 bits per heavy atom. The molecule has 0 saturated heterocycles. The molecule has 0 fully saturated rings. The first-order chi connectivity index (χ1) is 15.4. The molecular formula is C25H21N3O4. The standard InChI is InChI=1S/C25H21N3O4/c1-16-6-5-7-18(12-16)24(30)27-21-9-4-3-8-20(21)25(31)32-15-19-13-23(29)28-14-17(2)10-11-22(28)26-19/h3-14H,15H2,1-2H3,(H,27,30). The van der Waals surface area contributed by atoms with Crippen LogP contribution in [0.3, 0.4) is 0 Å². The molecule has 1 N–H and O–H groups in total. The number of esters is 1. The van der Waals surface area contributed by atoms with Crippen LogP contribution in [0.5, 0.6) is 0 Å². The van der Waals surface area contributed by atoms with Gasteiger partial charge in [0, 0.05) is 17.8 Å². The largest absolute Gasteiger partial charge is 0.456 e. The van der Waals surface area contributed by atoms with Gasteiger partial charge in [-0.05, 0) is 49.7 Å². The number of rotatable bonds is 5. The van der Waals surface area contributed by atoms with Gasteiger partial charge < -0.3 is 10.1 Å². The molecule has 0 atom stereocenters. The quantitative estimate of drug-likeness (QED) is 0.488. The van der Waals surface area contributed by atoms with E-state index in [0.717, 1.165) is 11.1 Å². The van der Waals surface area contributed by atoms with E-state index in [4.69, 9.17) is 4.74 Å². The average molecular weight is 427 g/mol. The predicted molar refractivity (Wildman–Crippen MR) is 121 cm³/mol. The topological polar surface area (TPSA) is 89.8 Å². The molecule has 7 heteroatoms. The number of amides is 1. The van der Waals surface area contributed by atoms with E-state index < -0.39 is 5.97 Å². The van der Waals surface area contributed by atoms with E-state index in [1.54, 1.807) is 54.7 Å². The van der Waals surface area contributed by atoms with Gasteiger partial charge in [-0.2, -0.15) is 0 Å². The minimum absolute atomic E-state index is 0.168. The number of aromatic nitrogens is 2. The number of hydrogen-bond donors (Lipinski definition) is 1. The molecule has 0 aliphatic carbocycles. The number of ether oxygens (including phenoxy) is 1. The van der Waals surface area contributed by atoms with E-state index in [1.165, 1.54) is 10.5 Å². The first-order valence-corrected chi connectivity index (χ1v) is 10.0. The molecule has 0 unspecified atom stereocenters. The highest BCUT2D eigenvalue weighted by Crippen LogP contribution is 2.18. The third kappa shape index (κ3) is 4.57. The van der Waals surface area contributed by atoms with E-state index >= 15 is 0 Å². The van der Waals surface area contributed by atoms with E-state index in [-0.39, 0.29) is 23.6 Å². The number of carbonyl (C=O) groups is 2. The molecule has 2 heterocycles. The van der Waals surface area contributed by atoms with Crippen LogP contribution in [0, 0.1) is 13.8 Å². The van der Waals surface area contributed by atoms with Gasteiger partial charge in [0.05, 0.1) is 16.9 Å². The second-order valence-electron chi connectivity index (χ2n) is 7.47. The molecule has 0 aliphatic heterocycles. The lowest BCUT2D eigenvalue weighted by Crippen LogP contribution is -2.18. The molecule has 0 spiro atoms. The van der Waals surface area contributed by atoms with Crippen LogP contribution in [0.25, 0.3) is 5.65 Å². The summed E-state index contributed by atoms with van der Waals surface area (Å²) in [7, 11) is 0. The monoisotopic (exact) mass is 427 g/mol. The fourth-order valence-corrected chi connectivity index (χ4v) is 3.30. The normalized spacial score (nSPS) is 10.7. The van der Waals surface area contributed by atoms with Gasteiger partial charge in [0.2, 0.25) is 0 Å². The first-order valence-electron chi connectivity index (χ1n) is 10.0. The third-order valence-electron chi connectivity index (χ3n) is 4.89. The molecule has 0 bridgehead atoms. The van der Waals surface area contributed by atoms with Gasteiger partial charge in [0.25, 0.3) is 11.5 Å². The fourth-order valence-electron chi connectivity index (χ4n) is 3.30. The van der Waals surface area contributed by atoms with Crippen molar-refractivity contribution in [2.24, 2.45) is 0 Å². The van der Waals surface area contributed by atoms with Crippen LogP contribution in [0.2, 0.25) is 0 Å². The molecule has 0 radical (unpaired) electrons. The number of pyridine rings is 1. The molecule has 7 nitrogen and oxygen atoms in total. The number of hydrogen-bond acceptors (Lipinski definition) is 5. The Morgan fingerprint density at radius 3 is 2.59 bits per heavy atom. The molecule has 0 aliphatic rings. The highest BCUT2D eigenvalue weighted by atomic mass is 16.5. The van der Waals surface area contributed by atoms with Gasteiger partial charge in [-0.1, -0.05) is 35.9 Å². The summed E-state index contributed by atoms with van der Waals surface area (Å²) >= 11 is 0. The summed E-state index contributed by atoms with van der Waals surface area (Å²) in [4.78, 5) is 42.0. The summed E-state index contributed by atoms with van der Waals surface area (Å²) in [5.74, 6) is -0.954. The van der Waals surface area contributed by atoms with Gasteiger partial charge in [-0.25, -0.2) is 9.78 Å². The zero-order valence-electron chi connectivity index (χ0n) is 17.7. The van der Waals surface area contributed by atoms with Crippen molar-refractivity contribution in [3.05, 3.63) is 111 Å². The van der Waals surface area contributed by atoms with Crippen LogP contribution in [0.1, 0.15) is 37.5 Å². The summed E-state index contributed by atoms with van der Waals surface area (Å²) in [6.45, 7) is 3.62. The summed E-state index contributed by atoms with van der Waals surface area (Å²) in [5.41, 5.74) is 3.49. The molecule has 1 amide bonds. The van der Waals surface area contributed by atoms with Crippen molar-refractivity contribution >= 4 is 23.2 Å². The zero-order chi connectivity index (χ0) is 22.7. The average Bonchev–Trinajstić information content (AvgIpc) is 2.78. The number of aryl methyl sites for hydroxylation is 2. The second kappa shape index (κ2) is 8.85. The highest BCUT2D eigenvalue weighted by Gasteiger charge is 2.16. The molecule has 4 rings (SSSR count). The van der Waals surface area contributed by atoms with Crippen LogP contribution in [0.15, 0.2) is 77.7 Å². The zero-order valence-corrected chi connectivity index (χ0v) is 17.7. The number of benzene rings is 2. The lowest BCUT2D eigenvalue weighted by Gasteiger charge is -2.11. The Hall–Kier alpha value is -4.26. The van der Waals surface area contributed by atoms with Gasteiger partial charge in [0.15, 0.2) is 0 Å². The summed E-state index contributed by atoms with van der Waals surface area (Å²) in [6.07, 6.45) is 1.70. The van der Waals surface area contributed by atoms with Crippen LogP contribution in [0.4, 0.5) is 5.69 Å². The Balaban J connectivity index is 1.51. The van der Waals surface area contributed by atoms with Gasteiger partial charge in [0.1, 0.15) is 12.3 Å². The van der Waals surface area contributed by atoms with E-state index in [1.807, 2.05) is 26.0 Å². The maximum Gasteiger partial charge on any atom is 0.340 e. The van der Waals surface area contributed by atoms with Crippen LogP contribution in [-0.2, 0) is 11.3 Å². The minimum atomic E-state index is -0.629. The number of nitrogens with zero attached hydrogens (tertiary/aromatic N) is 2. The van der Waals surface area contributed by atoms with Gasteiger partial charge in [-0.15, -0.1) is 0 Å². The smallest absolute Gasteiger partial charge is 0.340 e. The van der Waals surface area contributed by atoms with E-state index in [9.17, 15) is 14.4 Å². The molecule has 32 heavy (non-hydrogen) atoms. The number of anilines is 1. The summed E-state index contributed by atoms with van der Waals surface area (Å²) in [6, 6.07) is 18.7. The van der Waals surface area contributed by atoms with Crippen molar-refractivity contribution in [3.8, 4) is 0 Å². The van der Waals surface area contributed by atoms with Crippen molar-refractivity contribution in [1.29, 1.82) is 0 Å². The molecule has 2 aromatic carbocycles.